The van der Waals surface area contributed by atoms with Gasteiger partial charge in [-0.25, -0.2) is 0 Å². The molecule has 0 spiro atoms. The summed E-state index contributed by atoms with van der Waals surface area (Å²) >= 11 is 1.02. The minimum absolute atomic E-state index is 0.0690. The predicted molar refractivity (Wildman–Crippen MR) is 104 cm³/mol. The average Bonchev–Trinajstić information content (AvgIpc) is 2.98. The van der Waals surface area contributed by atoms with Crippen molar-refractivity contribution in [2.75, 3.05) is 32.6 Å². The van der Waals surface area contributed by atoms with E-state index in [0.717, 1.165) is 24.6 Å². The third-order valence-electron chi connectivity index (χ3n) is 5.65. The van der Waals surface area contributed by atoms with Crippen LogP contribution in [0.2, 0.25) is 0 Å². The Hall–Kier alpha value is -2.68. The Balaban J connectivity index is 1.65. The molecule has 2 atom stereocenters. The number of likely N-dealkylation sites (tertiary alicyclic amines) is 1. The monoisotopic (exact) mass is 402 g/mol. The highest BCUT2D eigenvalue weighted by Crippen LogP contribution is 2.57. The lowest BCUT2D eigenvalue weighted by molar-refractivity contribution is 0.0766. The fourth-order valence-electron chi connectivity index (χ4n) is 3.89. The molecule has 4 rings (SSSR count). The third-order valence-corrected chi connectivity index (χ3v) is 6.48. The van der Waals surface area contributed by atoms with Crippen LogP contribution in [0.25, 0.3) is 0 Å². The van der Waals surface area contributed by atoms with E-state index in [1.807, 2.05) is 4.90 Å². The maximum absolute atomic E-state index is 13.0. The number of carbonyl (C=O) groups excluding carboxylic acids is 2. The van der Waals surface area contributed by atoms with Gasteiger partial charge in [0.15, 0.2) is 11.5 Å². The molecule has 0 unspecified atom stereocenters. The van der Waals surface area contributed by atoms with Crippen molar-refractivity contribution in [3.8, 4) is 11.5 Å². The molecule has 2 amide bonds. The molecule has 2 heterocycles. The van der Waals surface area contributed by atoms with Crippen molar-refractivity contribution >= 4 is 29.0 Å². The first-order valence-electron chi connectivity index (χ1n) is 9.02. The van der Waals surface area contributed by atoms with Gasteiger partial charge in [0.2, 0.25) is 0 Å². The van der Waals surface area contributed by atoms with Crippen LogP contribution in [0.1, 0.15) is 39.1 Å². The average molecular weight is 402 g/mol. The lowest BCUT2D eigenvalue weighted by Crippen LogP contribution is -2.31. The predicted octanol–water partition coefficient (Wildman–Crippen LogP) is 2.60. The molecule has 2 fully saturated rings. The summed E-state index contributed by atoms with van der Waals surface area (Å²) in [5.74, 6) is 0.919. The molecule has 2 aliphatic rings. The summed E-state index contributed by atoms with van der Waals surface area (Å²) in [6.07, 6.45) is 1.19. The topological polar surface area (TPSA) is 93.7 Å². The summed E-state index contributed by atoms with van der Waals surface area (Å²) in [5.41, 5.74) is 1.64. The highest BCUT2D eigenvalue weighted by Gasteiger charge is 2.57. The van der Waals surface area contributed by atoms with Crippen LogP contribution in [-0.2, 0) is 0 Å². The molecule has 9 heteroatoms. The number of hydrogen-bond acceptors (Lipinski definition) is 7. The number of ether oxygens (including phenoxy) is 2. The SMILES string of the molecule is COc1cc(C(=O)N2C[C@@H]3C[C@]3(C)C2)cc(NC(=O)c2snnc2C)c1OC. The zero-order valence-electron chi connectivity index (χ0n) is 16.2. The van der Waals surface area contributed by atoms with Gasteiger partial charge in [-0.2, -0.15) is 0 Å². The van der Waals surface area contributed by atoms with Crippen LogP contribution in [0.15, 0.2) is 12.1 Å². The molecule has 1 saturated heterocycles. The highest BCUT2D eigenvalue weighted by molar-refractivity contribution is 7.08. The first-order chi connectivity index (χ1) is 13.4. The summed E-state index contributed by atoms with van der Waals surface area (Å²) in [4.78, 5) is 27.9. The minimum Gasteiger partial charge on any atom is -0.493 e. The molecule has 1 aromatic carbocycles. The maximum atomic E-state index is 13.0. The molecule has 1 saturated carbocycles. The van der Waals surface area contributed by atoms with Crippen LogP contribution in [0.5, 0.6) is 11.5 Å². The van der Waals surface area contributed by atoms with Crippen LogP contribution >= 0.6 is 11.5 Å². The van der Waals surface area contributed by atoms with Crippen molar-refractivity contribution in [1.82, 2.24) is 14.5 Å². The molecule has 1 aliphatic carbocycles. The van der Waals surface area contributed by atoms with E-state index >= 15 is 0 Å². The van der Waals surface area contributed by atoms with E-state index in [-0.39, 0.29) is 17.2 Å². The van der Waals surface area contributed by atoms with E-state index in [1.54, 1.807) is 19.1 Å². The zero-order chi connectivity index (χ0) is 20.1. The number of anilines is 1. The number of rotatable bonds is 5. The minimum atomic E-state index is -0.354. The van der Waals surface area contributed by atoms with Crippen LogP contribution in [0.3, 0.4) is 0 Å². The van der Waals surface area contributed by atoms with Crippen LogP contribution in [0, 0.1) is 18.3 Å². The van der Waals surface area contributed by atoms with E-state index in [2.05, 4.69) is 21.8 Å². The standard InChI is InChI=1S/C19H22N4O4S/c1-10-16(28-22-21-10)17(24)20-13-5-11(6-14(26-3)15(13)27-4)18(25)23-8-12-7-19(12,2)9-23/h5-6,12H,7-9H2,1-4H3,(H,20,24)/t12-,19+/m0/s1. The number of amides is 2. The Kier molecular flexibility index (Phi) is 4.49. The normalized spacial score (nSPS) is 22.6. The number of benzene rings is 1. The summed E-state index contributed by atoms with van der Waals surface area (Å²) in [7, 11) is 2.99. The summed E-state index contributed by atoms with van der Waals surface area (Å²) in [5, 5.41) is 6.67. The van der Waals surface area contributed by atoms with E-state index in [1.165, 1.54) is 20.6 Å². The van der Waals surface area contributed by atoms with Gasteiger partial charge in [-0.1, -0.05) is 11.4 Å². The summed E-state index contributed by atoms with van der Waals surface area (Å²) in [6, 6.07) is 3.29. The number of aromatic nitrogens is 2. The number of methoxy groups -OCH3 is 2. The Morgan fingerprint density at radius 1 is 1.32 bits per heavy atom. The molecular weight excluding hydrogens is 380 g/mol. The second kappa shape index (κ2) is 6.73. The molecular formula is C19H22N4O4S. The zero-order valence-corrected chi connectivity index (χ0v) is 17.1. The molecule has 1 aromatic heterocycles. The van der Waals surface area contributed by atoms with Gasteiger partial charge < -0.3 is 19.7 Å². The lowest BCUT2D eigenvalue weighted by Gasteiger charge is -2.21. The van der Waals surface area contributed by atoms with Gasteiger partial charge in [0.25, 0.3) is 11.8 Å². The highest BCUT2D eigenvalue weighted by atomic mass is 32.1. The van der Waals surface area contributed by atoms with Crippen molar-refractivity contribution in [2.24, 2.45) is 11.3 Å². The molecule has 8 nitrogen and oxygen atoms in total. The Labute approximate surface area is 167 Å². The van der Waals surface area contributed by atoms with Crippen LogP contribution in [0.4, 0.5) is 5.69 Å². The van der Waals surface area contributed by atoms with E-state index in [0.29, 0.717) is 39.2 Å². The van der Waals surface area contributed by atoms with Gasteiger partial charge in [0, 0.05) is 18.7 Å². The molecule has 1 aliphatic heterocycles. The summed E-state index contributed by atoms with van der Waals surface area (Å²) in [6.45, 7) is 5.47. The van der Waals surface area contributed by atoms with Gasteiger partial charge in [0.05, 0.1) is 25.6 Å². The van der Waals surface area contributed by atoms with E-state index in [9.17, 15) is 9.59 Å². The number of nitrogens with zero attached hydrogens (tertiary/aromatic N) is 3. The van der Waals surface area contributed by atoms with Gasteiger partial charge >= 0.3 is 0 Å². The van der Waals surface area contributed by atoms with Crippen LogP contribution in [-0.4, -0.2) is 53.6 Å². The smallest absolute Gasteiger partial charge is 0.269 e. The molecule has 0 bridgehead atoms. The first-order valence-corrected chi connectivity index (χ1v) is 9.79. The molecule has 0 radical (unpaired) electrons. The van der Waals surface area contributed by atoms with E-state index in [4.69, 9.17) is 9.47 Å². The fraction of sp³-hybridized carbons (Fsp3) is 0.474. The Morgan fingerprint density at radius 2 is 2.11 bits per heavy atom. The fourth-order valence-corrected chi connectivity index (χ4v) is 4.44. The number of nitrogens with one attached hydrogen (secondary N) is 1. The molecule has 1 N–H and O–H groups in total. The lowest BCUT2D eigenvalue weighted by atomic mass is 10.1. The van der Waals surface area contributed by atoms with Gasteiger partial charge in [-0.15, -0.1) is 5.10 Å². The second-order valence-corrected chi connectivity index (χ2v) is 8.40. The Bertz CT molecular complexity index is 959. The Morgan fingerprint density at radius 3 is 2.68 bits per heavy atom. The van der Waals surface area contributed by atoms with E-state index < -0.39 is 0 Å². The van der Waals surface area contributed by atoms with Gasteiger partial charge in [0.1, 0.15) is 4.88 Å². The molecule has 28 heavy (non-hydrogen) atoms. The van der Waals surface area contributed by atoms with Crippen LogP contribution < -0.4 is 14.8 Å². The van der Waals surface area contributed by atoms with Crippen molar-refractivity contribution in [3.05, 3.63) is 28.3 Å². The molecule has 2 aromatic rings. The number of hydrogen-bond donors (Lipinski definition) is 1. The summed E-state index contributed by atoms with van der Waals surface area (Å²) < 4.78 is 14.6. The van der Waals surface area contributed by atoms with Crippen molar-refractivity contribution in [1.29, 1.82) is 0 Å². The number of fused-ring (bicyclic) bond motifs is 1. The van der Waals surface area contributed by atoms with Crippen molar-refractivity contribution in [2.45, 2.75) is 20.3 Å². The van der Waals surface area contributed by atoms with Crippen molar-refractivity contribution in [3.63, 3.8) is 0 Å². The quantitative estimate of drug-likeness (QED) is 0.826. The second-order valence-electron chi connectivity index (χ2n) is 7.64. The number of aryl methyl sites for hydroxylation is 1. The molecule has 148 valence electrons. The largest absolute Gasteiger partial charge is 0.493 e. The number of carbonyl (C=O) groups is 2. The van der Waals surface area contributed by atoms with Gasteiger partial charge in [-0.05, 0) is 48.3 Å². The number of piperidine rings is 1. The van der Waals surface area contributed by atoms with Gasteiger partial charge in [-0.3, -0.25) is 9.59 Å². The first kappa shape index (κ1) is 18.7. The van der Waals surface area contributed by atoms with Crippen molar-refractivity contribution < 1.29 is 19.1 Å². The maximum Gasteiger partial charge on any atom is 0.269 e. The third kappa shape index (κ3) is 3.09.